The molecule has 0 aliphatic carbocycles. The van der Waals surface area contributed by atoms with Gasteiger partial charge in [0.2, 0.25) is 0 Å². The summed E-state index contributed by atoms with van der Waals surface area (Å²) in [6.45, 7) is 6.55. The van der Waals surface area contributed by atoms with Gasteiger partial charge in [-0.05, 0) is 67.3 Å². The van der Waals surface area contributed by atoms with Crippen LogP contribution < -0.4 is 9.47 Å². The molecule has 0 unspecified atom stereocenters. The van der Waals surface area contributed by atoms with Crippen molar-refractivity contribution in [3.63, 3.8) is 0 Å². The highest BCUT2D eigenvalue weighted by molar-refractivity contribution is 6.30. The van der Waals surface area contributed by atoms with E-state index in [9.17, 15) is 14.9 Å². The first kappa shape index (κ1) is 25.1. The van der Waals surface area contributed by atoms with Crippen LogP contribution in [0.1, 0.15) is 44.7 Å². The number of amides is 2. The summed E-state index contributed by atoms with van der Waals surface area (Å²) in [6.07, 6.45) is 3.19. The van der Waals surface area contributed by atoms with E-state index in [0.29, 0.717) is 52.9 Å². The minimum Gasteiger partial charge on any atom is -0.490 e. The average Bonchev–Trinajstić information content (AvgIpc) is 2.83. The van der Waals surface area contributed by atoms with Crippen molar-refractivity contribution >= 4 is 29.5 Å². The van der Waals surface area contributed by atoms with Gasteiger partial charge in [-0.2, -0.15) is 5.26 Å². The van der Waals surface area contributed by atoms with E-state index >= 15 is 0 Å². The third-order valence-corrected chi connectivity index (χ3v) is 5.70. The molecule has 2 aromatic carbocycles. The molecule has 1 aliphatic rings. The molecule has 176 valence electrons. The van der Waals surface area contributed by atoms with Gasteiger partial charge in [0.1, 0.15) is 18.2 Å². The van der Waals surface area contributed by atoms with Crippen LogP contribution in [0.5, 0.6) is 11.5 Å². The maximum Gasteiger partial charge on any atom is 0.271 e. The lowest BCUT2D eigenvalue weighted by molar-refractivity contribution is -0.140. The molecule has 0 spiro atoms. The van der Waals surface area contributed by atoms with Crippen LogP contribution in [0.3, 0.4) is 0 Å². The van der Waals surface area contributed by atoms with Crippen molar-refractivity contribution in [3.8, 4) is 17.6 Å². The van der Waals surface area contributed by atoms with E-state index in [1.807, 2.05) is 38.1 Å². The Morgan fingerprint density at radius 3 is 2.41 bits per heavy atom. The van der Waals surface area contributed by atoms with Crippen LogP contribution in [0.2, 0.25) is 5.02 Å². The summed E-state index contributed by atoms with van der Waals surface area (Å²) < 4.78 is 11.7. The van der Waals surface area contributed by atoms with Gasteiger partial charge in [-0.1, -0.05) is 43.1 Å². The van der Waals surface area contributed by atoms with Gasteiger partial charge >= 0.3 is 0 Å². The highest BCUT2D eigenvalue weighted by Gasteiger charge is 2.34. The van der Waals surface area contributed by atoms with E-state index in [1.165, 1.54) is 0 Å². The van der Waals surface area contributed by atoms with Crippen LogP contribution in [0, 0.1) is 11.3 Å². The number of carbonyl (C=O) groups excluding carboxylic acids is 2. The van der Waals surface area contributed by atoms with Gasteiger partial charge < -0.3 is 9.47 Å². The van der Waals surface area contributed by atoms with Crippen molar-refractivity contribution in [2.24, 2.45) is 0 Å². The summed E-state index contributed by atoms with van der Waals surface area (Å²) in [4.78, 5) is 26.9. The Morgan fingerprint density at radius 1 is 1.03 bits per heavy atom. The van der Waals surface area contributed by atoms with Crippen molar-refractivity contribution in [3.05, 3.63) is 75.3 Å². The molecule has 0 atom stereocenters. The number of nitrogens with zero attached hydrogens (tertiary/aromatic N) is 2. The molecule has 0 fully saturated rings. The third-order valence-electron chi connectivity index (χ3n) is 5.45. The topological polar surface area (TPSA) is 79.6 Å². The van der Waals surface area contributed by atoms with Gasteiger partial charge in [0.05, 0.1) is 6.61 Å². The van der Waals surface area contributed by atoms with Crippen LogP contribution in [0.25, 0.3) is 6.08 Å². The summed E-state index contributed by atoms with van der Waals surface area (Å²) in [6, 6.07) is 14.7. The maximum absolute atomic E-state index is 13.1. The second-order valence-electron chi connectivity index (χ2n) is 7.84. The lowest BCUT2D eigenvalue weighted by Gasteiger charge is -2.27. The van der Waals surface area contributed by atoms with Crippen LogP contribution in [-0.2, 0) is 16.2 Å². The molecule has 1 aliphatic heterocycles. The molecular formula is C27H27ClN2O4. The molecule has 2 amide bonds. The van der Waals surface area contributed by atoms with Crippen molar-refractivity contribution in [1.82, 2.24) is 4.90 Å². The molecule has 1 heterocycles. The molecule has 2 aromatic rings. The van der Waals surface area contributed by atoms with Gasteiger partial charge in [0.25, 0.3) is 11.8 Å². The molecule has 6 nitrogen and oxygen atoms in total. The Morgan fingerprint density at radius 2 is 1.76 bits per heavy atom. The zero-order valence-corrected chi connectivity index (χ0v) is 20.3. The number of nitriles is 1. The number of rotatable bonds is 9. The number of ether oxygens (including phenoxy) is 2. The molecule has 0 N–H and O–H groups in total. The molecule has 0 saturated carbocycles. The van der Waals surface area contributed by atoms with E-state index in [-0.39, 0.29) is 12.1 Å². The Labute approximate surface area is 205 Å². The number of hydrogen-bond donors (Lipinski definition) is 0. The van der Waals surface area contributed by atoms with E-state index in [1.54, 1.807) is 37.3 Å². The second kappa shape index (κ2) is 11.5. The highest BCUT2D eigenvalue weighted by Crippen LogP contribution is 2.32. The fourth-order valence-corrected chi connectivity index (χ4v) is 3.69. The first-order chi connectivity index (χ1) is 16.4. The van der Waals surface area contributed by atoms with Crippen LogP contribution in [0.15, 0.2) is 59.2 Å². The first-order valence-electron chi connectivity index (χ1n) is 11.2. The summed E-state index contributed by atoms with van der Waals surface area (Å²) in [5.74, 6) is 0.182. The van der Waals surface area contributed by atoms with Gasteiger partial charge in [-0.3, -0.25) is 14.5 Å². The Balaban J connectivity index is 1.92. The standard InChI is InChI=1S/C27H27ClN2O4/c1-4-6-13-30-26(31)22(18(3)23(16-29)27(30)32)14-20-9-12-24(25(15-20)33-5-2)34-17-19-7-10-21(28)11-8-19/h7-12,14-15H,4-6,13,17H2,1-3H3/b22-14+. The van der Waals surface area contributed by atoms with Crippen LogP contribution in [0.4, 0.5) is 0 Å². The van der Waals surface area contributed by atoms with Crippen molar-refractivity contribution in [2.45, 2.75) is 40.2 Å². The fourth-order valence-electron chi connectivity index (χ4n) is 3.56. The number of imide groups is 1. The first-order valence-corrected chi connectivity index (χ1v) is 11.6. The van der Waals surface area contributed by atoms with Gasteiger partial charge in [-0.15, -0.1) is 0 Å². The highest BCUT2D eigenvalue weighted by atomic mass is 35.5. The summed E-state index contributed by atoms with van der Waals surface area (Å²) in [5.41, 5.74) is 2.37. The minimum atomic E-state index is -0.531. The largest absolute Gasteiger partial charge is 0.490 e. The lowest BCUT2D eigenvalue weighted by Crippen LogP contribution is -2.43. The molecule has 0 radical (unpaired) electrons. The third kappa shape index (κ3) is 5.67. The summed E-state index contributed by atoms with van der Waals surface area (Å²) in [5, 5.41) is 10.2. The van der Waals surface area contributed by atoms with Gasteiger partial charge in [0.15, 0.2) is 11.5 Å². The summed E-state index contributed by atoms with van der Waals surface area (Å²) in [7, 11) is 0. The Kier molecular flexibility index (Phi) is 8.50. The average molecular weight is 479 g/mol. The van der Waals surface area contributed by atoms with Crippen LogP contribution >= 0.6 is 11.6 Å². The number of unbranched alkanes of at least 4 members (excludes halogenated alkanes) is 1. The van der Waals surface area contributed by atoms with E-state index in [0.717, 1.165) is 16.9 Å². The maximum atomic E-state index is 13.1. The molecule has 7 heteroatoms. The Hall–Kier alpha value is -3.56. The molecule has 0 aromatic heterocycles. The lowest BCUT2D eigenvalue weighted by atomic mass is 9.93. The molecular weight excluding hydrogens is 452 g/mol. The smallest absolute Gasteiger partial charge is 0.271 e. The normalized spacial score (nSPS) is 15.0. The van der Waals surface area contributed by atoms with Crippen molar-refractivity contribution in [2.75, 3.05) is 13.2 Å². The fraction of sp³-hybridized carbons (Fsp3) is 0.296. The summed E-state index contributed by atoms with van der Waals surface area (Å²) >= 11 is 5.94. The van der Waals surface area contributed by atoms with Gasteiger partial charge in [0, 0.05) is 17.1 Å². The predicted octanol–water partition coefficient (Wildman–Crippen LogP) is 5.71. The zero-order valence-electron chi connectivity index (χ0n) is 19.6. The Bertz CT molecular complexity index is 1180. The quantitative estimate of drug-likeness (QED) is 0.340. The monoisotopic (exact) mass is 478 g/mol. The molecule has 0 bridgehead atoms. The SMILES string of the molecule is CCCCN1C(=O)C(C#N)=C(C)/C(=C\c2ccc(OCc3ccc(Cl)cc3)c(OCC)c2)C1=O. The van der Waals surface area contributed by atoms with Crippen molar-refractivity contribution in [1.29, 1.82) is 5.26 Å². The molecule has 3 rings (SSSR count). The zero-order chi connectivity index (χ0) is 24.7. The molecule has 0 saturated heterocycles. The van der Waals surface area contributed by atoms with E-state index in [4.69, 9.17) is 21.1 Å². The molecule has 34 heavy (non-hydrogen) atoms. The number of hydrogen-bond acceptors (Lipinski definition) is 5. The predicted molar refractivity (Wildman–Crippen MR) is 131 cm³/mol. The van der Waals surface area contributed by atoms with E-state index < -0.39 is 11.8 Å². The number of carbonyl (C=O) groups is 2. The van der Waals surface area contributed by atoms with E-state index in [2.05, 4.69) is 0 Å². The number of benzene rings is 2. The number of halogens is 1. The van der Waals surface area contributed by atoms with Gasteiger partial charge in [-0.25, -0.2) is 0 Å². The minimum absolute atomic E-state index is 0.00472. The van der Waals surface area contributed by atoms with Crippen LogP contribution in [-0.4, -0.2) is 29.9 Å². The second-order valence-corrected chi connectivity index (χ2v) is 8.28. The van der Waals surface area contributed by atoms with Crippen molar-refractivity contribution < 1.29 is 19.1 Å².